The molecule has 0 aliphatic heterocycles. The standard InChI is InChI=1S/C24H28N4O3/c1-26(19-8-4-3-5-9-19)23(30)17-12-14-18(15-13-17)25-22(29)16-28-21-11-7-6-10-20(21)27(2)24(28)31/h6-7,10-15,19H,3-5,8-9,16H2,1-2H3,(H,25,29). The van der Waals surface area contributed by atoms with Gasteiger partial charge in [0.15, 0.2) is 0 Å². The molecule has 1 aromatic heterocycles. The highest BCUT2D eigenvalue weighted by molar-refractivity contribution is 5.96. The maximum atomic E-state index is 12.8. The second-order valence-electron chi connectivity index (χ2n) is 8.25. The van der Waals surface area contributed by atoms with Gasteiger partial charge in [-0.05, 0) is 49.2 Å². The molecule has 0 unspecified atom stereocenters. The quantitative estimate of drug-likeness (QED) is 0.687. The molecule has 2 aromatic carbocycles. The Kier molecular flexibility index (Phi) is 5.93. The Morgan fingerprint density at radius 3 is 2.32 bits per heavy atom. The fourth-order valence-corrected chi connectivity index (χ4v) is 4.39. The van der Waals surface area contributed by atoms with Gasteiger partial charge in [0.05, 0.1) is 11.0 Å². The Morgan fingerprint density at radius 2 is 1.65 bits per heavy atom. The molecule has 1 saturated carbocycles. The number of carbonyl (C=O) groups excluding carboxylic acids is 2. The van der Waals surface area contributed by atoms with Gasteiger partial charge in [0, 0.05) is 31.4 Å². The summed E-state index contributed by atoms with van der Waals surface area (Å²) in [6.45, 7) is -0.0781. The smallest absolute Gasteiger partial charge is 0.329 e. The SMILES string of the molecule is CN(C(=O)c1ccc(NC(=O)Cn2c(=O)n(C)c3ccccc32)cc1)C1CCCCC1. The van der Waals surface area contributed by atoms with Crippen molar-refractivity contribution in [3.63, 3.8) is 0 Å². The topological polar surface area (TPSA) is 76.3 Å². The summed E-state index contributed by atoms with van der Waals surface area (Å²) < 4.78 is 2.99. The van der Waals surface area contributed by atoms with Crippen molar-refractivity contribution in [1.29, 1.82) is 0 Å². The number of imidazole rings is 1. The molecule has 0 atom stereocenters. The van der Waals surface area contributed by atoms with Crippen LogP contribution in [0.4, 0.5) is 5.69 Å². The highest BCUT2D eigenvalue weighted by Crippen LogP contribution is 2.23. The first-order chi connectivity index (χ1) is 15.0. The van der Waals surface area contributed by atoms with Crippen LogP contribution >= 0.6 is 0 Å². The molecule has 0 radical (unpaired) electrons. The summed E-state index contributed by atoms with van der Waals surface area (Å²) in [7, 11) is 3.56. The van der Waals surface area contributed by atoms with E-state index in [1.165, 1.54) is 28.4 Å². The van der Waals surface area contributed by atoms with E-state index in [-0.39, 0.29) is 24.0 Å². The van der Waals surface area contributed by atoms with Gasteiger partial charge >= 0.3 is 5.69 Å². The molecular formula is C24H28N4O3. The minimum absolute atomic E-state index is 0.00656. The summed E-state index contributed by atoms with van der Waals surface area (Å²) in [6.07, 6.45) is 5.71. The number of nitrogens with zero attached hydrogens (tertiary/aromatic N) is 3. The third-order valence-corrected chi connectivity index (χ3v) is 6.21. The van der Waals surface area contributed by atoms with Crippen LogP contribution in [-0.2, 0) is 18.4 Å². The molecule has 0 spiro atoms. The number of hydrogen-bond donors (Lipinski definition) is 1. The zero-order chi connectivity index (χ0) is 22.0. The lowest BCUT2D eigenvalue weighted by Crippen LogP contribution is -2.38. The van der Waals surface area contributed by atoms with Gasteiger partial charge in [-0.3, -0.25) is 18.7 Å². The van der Waals surface area contributed by atoms with E-state index in [9.17, 15) is 14.4 Å². The lowest BCUT2D eigenvalue weighted by atomic mass is 9.94. The molecule has 3 aromatic rings. The van der Waals surface area contributed by atoms with Crippen molar-refractivity contribution < 1.29 is 9.59 Å². The highest BCUT2D eigenvalue weighted by Gasteiger charge is 2.23. The van der Waals surface area contributed by atoms with E-state index < -0.39 is 0 Å². The molecule has 1 aliphatic carbocycles. The lowest BCUT2D eigenvalue weighted by Gasteiger charge is -2.31. The number of carbonyl (C=O) groups is 2. The average Bonchev–Trinajstić information content (AvgIpc) is 3.04. The van der Waals surface area contributed by atoms with Gasteiger partial charge in [0.2, 0.25) is 5.91 Å². The fraction of sp³-hybridized carbons (Fsp3) is 0.375. The summed E-state index contributed by atoms with van der Waals surface area (Å²) in [5, 5.41) is 2.82. The molecule has 1 aliphatic rings. The van der Waals surface area contributed by atoms with Crippen LogP contribution in [0, 0.1) is 0 Å². The van der Waals surface area contributed by atoms with Crippen molar-refractivity contribution in [3.8, 4) is 0 Å². The minimum Gasteiger partial charge on any atom is -0.339 e. The average molecular weight is 421 g/mol. The summed E-state index contributed by atoms with van der Waals surface area (Å²) >= 11 is 0. The van der Waals surface area contributed by atoms with Gasteiger partial charge in [-0.2, -0.15) is 0 Å². The Balaban J connectivity index is 1.42. The van der Waals surface area contributed by atoms with Gasteiger partial charge in [0.25, 0.3) is 5.91 Å². The van der Waals surface area contributed by atoms with Crippen LogP contribution in [0.15, 0.2) is 53.3 Å². The van der Waals surface area contributed by atoms with Crippen molar-refractivity contribution in [1.82, 2.24) is 14.0 Å². The van der Waals surface area contributed by atoms with E-state index in [4.69, 9.17) is 0 Å². The third kappa shape index (κ3) is 4.26. The Hall–Kier alpha value is -3.35. The summed E-state index contributed by atoms with van der Waals surface area (Å²) in [5.74, 6) is -0.288. The number of aromatic nitrogens is 2. The Bertz CT molecular complexity index is 1150. The van der Waals surface area contributed by atoms with Crippen molar-refractivity contribution in [2.24, 2.45) is 7.05 Å². The number of rotatable bonds is 5. The van der Waals surface area contributed by atoms with E-state index in [1.54, 1.807) is 31.3 Å². The van der Waals surface area contributed by atoms with Crippen molar-refractivity contribution in [3.05, 3.63) is 64.6 Å². The Morgan fingerprint density at radius 1 is 1.00 bits per heavy atom. The number of hydrogen-bond acceptors (Lipinski definition) is 3. The number of aryl methyl sites for hydroxylation is 1. The normalized spacial score (nSPS) is 14.5. The maximum Gasteiger partial charge on any atom is 0.329 e. The molecule has 1 fully saturated rings. The lowest BCUT2D eigenvalue weighted by molar-refractivity contribution is -0.116. The van der Waals surface area contributed by atoms with Crippen LogP contribution in [0.3, 0.4) is 0 Å². The number of para-hydroxylation sites is 2. The number of nitrogens with one attached hydrogen (secondary N) is 1. The molecule has 2 amide bonds. The predicted octanol–water partition coefficient (Wildman–Crippen LogP) is 3.38. The van der Waals surface area contributed by atoms with E-state index in [0.717, 1.165) is 23.9 Å². The minimum atomic E-state index is -0.295. The zero-order valence-corrected chi connectivity index (χ0v) is 18.0. The van der Waals surface area contributed by atoms with E-state index in [1.807, 2.05) is 36.2 Å². The molecule has 1 heterocycles. The van der Waals surface area contributed by atoms with E-state index in [2.05, 4.69) is 5.32 Å². The monoisotopic (exact) mass is 420 g/mol. The molecular weight excluding hydrogens is 392 g/mol. The highest BCUT2D eigenvalue weighted by atomic mass is 16.2. The second kappa shape index (κ2) is 8.79. The van der Waals surface area contributed by atoms with Crippen LogP contribution in [0.25, 0.3) is 11.0 Å². The molecule has 4 rings (SSSR count). The predicted molar refractivity (Wildman–Crippen MR) is 121 cm³/mol. The molecule has 1 N–H and O–H groups in total. The largest absolute Gasteiger partial charge is 0.339 e. The van der Waals surface area contributed by atoms with Crippen LogP contribution < -0.4 is 11.0 Å². The third-order valence-electron chi connectivity index (χ3n) is 6.21. The Labute approximate surface area is 181 Å². The molecule has 162 valence electrons. The number of amides is 2. The van der Waals surface area contributed by atoms with Gasteiger partial charge < -0.3 is 10.2 Å². The number of fused-ring (bicyclic) bond motifs is 1. The first kappa shape index (κ1) is 20.9. The van der Waals surface area contributed by atoms with Crippen LogP contribution in [0.2, 0.25) is 0 Å². The fourth-order valence-electron chi connectivity index (χ4n) is 4.39. The molecule has 0 bridgehead atoms. The van der Waals surface area contributed by atoms with Crippen molar-refractivity contribution in [2.75, 3.05) is 12.4 Å². The van der Waals surface area contributed by atoms with Crippen molar-refractivity contribution >= 4 is 28.5 Å². The number of benzene rings is 2. The summed E-state index contributed by atoms with van der Waals surface area (Å²) in [6, 6.07) is 14.6. The number of anilines is 1. The maximum absolute atomic E-state index is 12.8. The second-order valence-corrected chi connectivity index (χ2v) is 8.25. The summed E-state index contributed by atoms with van der Waals surface area (Å²) in [4.78, 5) is 39.7. The van der Waals surface area contributed by atoms with Gasteiger partial charge in [-0.1, -0.05) is 31.4 Å². The van der Waals surface area contributed by atoms with Gasteiger partial charge in [-0.15, -0.1) is 0 Å². The van der Waals surface area contributed by atoms with Crippen LogP contribution in [0.1, 0.15) is 42.5 Å². The van der Waals surface area contributed by atoms with Crippen LogP contribution in [0.5, 0.6) is 0 Å². The molecule has 0 saturated heterocycles. The first-order valence-electron chi connectivity index (χ1n) is 10.8. The summed E-state index contributed by atoms with van der Waals surface area (Å²) in [5.41, 5.74) is 2.47. The van der Waals surface area contributed by atoms with Crippen molar-refractivity contribution in [2.45, 2.75) is 44.7 Å². The molecule has 31 heavy (non-hydrogen) atoms. The molecule has 7 heteroatoms. The van der Waals surface area contributed by atoms with Gasteiger partial charge in [-0.25, -0.2) is 4.79 Å². The van der Waals surface area contributed by atoms with Gasteiger partial charge in [0.1, 0.15) is 6.54 Å². The van der Waals surface area contributed by atoms with E-state index >= 15 is 0 Å². The molecule has 7 nitrogen and oxygen atoms in total. The van der Waals surface area contributed by atoms with E-state index in [0.29, 0.717) is 17.3 Å². The first-order valence-corrected chi connectivity index (χ1v) is 10.8. The zero-order valence-electron chi connectivity index (χ0n) is 18.0. The van der Waals surface area contributed by atoms with Crippen LogP contribution in [-0.4, -0.2) is 38.9 Å².